The molecule has 6 nitrogen and oxygen atoms in total. The Kier molecular flexibility index (Phi) is 5.41. The molecule has 0 saturated carbocycles. The van der Waals surface area contributed by atoms with Crippen LogP contribution in [-0.2, 0) is 17.7 Å². The number of para-hydroxylation sites is 1. The molecule has 2 aromatic carbocycles. The zero-order valence-electron chi connectivity index (χ0n) is 15.3. The lowest BCUT2D eigenvalue weighted by Crippen LogP contribution is -2.40. The molecule has 136 valence electrons. The number of hydrogen-bond donors (Lipinski definition) is 1. The second-order valence-corrected chi connectivity index (χ2v) is 5.96. The third kappa shape index (κ3) is 3.49. The van der Waals surface area contributed by atoms with Crippen molar-refractivity contribution in [2.24, 2.45) is 4.99 Å². The van der Waals surface area contributed by atoms with Gasteiger partial charge in [0, 0.05) is 25.8 Å². The summed E-state index contributed by atoms with van der Waals surface area (Å²) < 4.78 is 10.1. The summed E-state index contributed by atoms with van der Waals surface area (Å²) in [5.74, 6) is 0.894. The molecule has 0 amide bonds. The molecule has 0 unspecified atom stereocenters. The molecule has 0 saturated heterocycles. The second kappa shape index (κ2) is 7.91. The van der Waals surface area contributed by atoms with Crippen molar-refractivity contribution in [3.8, 4) is 5.75 Å². The molecule has 0 spiro atoms. The molecule has 0 aliphatic carbocycles. The summed E-state index contributed by atoms with van der Waals surface area (Å²) >= 11 is 0. The van der Waals surface area contributed by atoms with Gasteiger partial charge in [0.25, 0.3) is 0 Å². The van der Waals surface area contributed by atoms with E-state index in [9.17, 15) is 4.79 Å². The minimum Gasteiger partial charge on any atom is -0.496 e. The number of nitrogens with zero attached hydrogens (tertiary/aromatic N) is 2. The number of fused-ring (bicyclic) bond motifs is 1. The Hall–Kier alpha value is -3.02. The van der Waals surface area contributed by atoms with Crippen molar-refractivity contribution in [2.45, 2.75) is 13.0 Å². The Morgan fingerprint density at radius 2 is 2.04 bits per heavy atom. The van der Waals surface area contributed by atoms with Crippen LogP contribution in [0.1, 0.15) is 21.5 Å². The van der Waals surface area contributed by atoms with Crippen LogP contribution >= 0.6 is 0 Å². The number of nitrogens with one attached hydrogen (secondary N) is 1. The Morgan fingerprint density at radius 3 is 2.77 bits per heavy atom. The molecule has 0 radical (unpaired) electrons. The summed E-state index contributed by atoms with van der Waals surface area (Å²) in [5.41, 5.74) is 3.87. The van der Waals surface area contributed by atoms with Gasteiger partial charge in [-0.05, 0) is 35.7 Å². The molecule has 1 aliphatic rings. The predicted molar refractivity (Wildman–Crippen MR) is 102 cm³/mol. The summed E-state index contributed by atoms with van der Waals surface area (Å²) in [6.45, 7) is 1.44. The fourth-order valence-corrected chi connectivity index (χ4v) is 3.17. The number of anilines is 1. The van der Waals surface area contributed by atoms with E-state index in [0.717, 1.165) is 24.5 Å². The largest absolute Gasteiger partial charge is 0.496 e. The lowest BCUT2D eigenvalue weighted by Gasteiger charge is -2.22. The molecule has 0 aromatic heterocycles. The molecule has 6 heteroatoms. The SMILES string of the molecule is CN=C(NCc1ccc(OC)c(C(=O)OC)c1)N1CCc2ccccc21. The maximum atomic E-state index is 11.9. The Morgan fingerprint density at radius 1 is 1.23 bits per heavy atom. The average Bonchev–Trinajstić information content (AvgIpc) is 3.12. The molecule has 2 aromatic rings. The number of methoxy groups -OCH3 is 2. The van der Waals surface area contributed by atoms with Gasteiger partial charge in [0.15, 0.2) is 5.96 Å². The van der Waals surface area contributed by atoms with Crippen LogP contribution in [0.5, 0.6) is 5.75 Å². The lowest BCUT2D eigenvalue weighted by atomic mass is 10.1. The molecule has 1 N–H and O–H groups in total. The maximum absolute atomic E-state index is 11.9. The lowest BCUT2D eigenvalue weighted by molar-refractivity contribution is 0.0597. The van der Waals surface area contributed by atoms with E-state index < -0.39 is 5.97 Å². The second-order valence-electron chi connectivity index (χ2n) is 5.96. The molecular weight excluding hydrogens is 330 g/mol. The first-order chi connectivity index (χ1) is 12.7. The monoisotopic (exact) mass is 353 g/mol. The number of carbonyl (C=O) groups is 1. The van der Waals surface area contributed by atoms with Gasteiger partial charge < -0.3 is 19.7 Å². The van der Waals surface area contributed by atoms with Crippen LogP contribution in [-0.4, -0.2) is 39.7 Å². The number of ether oxygens (including phenoxy) is 2. The number of aliphatic imine (C=N–C) groups is 1. The predicted octanol–water partition coefficient (Wildman–Crippen LogP) is 2.62. The van der Waals surface area contributed by atoms with E-state index in [0.29, 0.717) is 17.9 Å². The molecular formula is C20H23N3O3. The minimum absolute atomic E-state index is 0.413. The van der Waals surface area contributed by atoms with Gasteiger partial charge in [-0.2, -0.15) is 0 Å². The average molecular weight is 353 g/mol. The van der Waals surface area contributed by atoms with Crippen LogP contribution in [0.4, 0.5) is 5.69 Å². The highest BCUT2D eigenvalue weighted by atomic mass is 16.5. The first kappa shape index (κ1) is 17.8. The molecule has 3 rings (SSSR count). The van der Waals surface area contributed by atoms with Crippen LogP contribution in [0, 0.1) is 0 Å². The summed E-state index contributed by atoms with van der Waals surface area (Å²) in [6.07, 6.45) is 1.01. The van der Waals surface area contributed by atoms with Gasteiger partial charge in [-0.15, -0.1) is 0 Å². The van der Waals surface area contributed by atoms with Crippen LogP contribution < -0.4 is 15.0 Å². The van der Waals surface area contributed by atoms with Crippen LogP contribution in [0.2, 0.25) is 0 Å². The molecule has 0 bridgehead atoms. The molecule has 26 heavy (non-hydrogen) atoms. The van der Waals surface area contributed by atoms with Gasteiger partial charge in [-0.3, -0.25) is 4.99 Å². The van der Waals surface area contributed by atoms with E-state index in [1.807, 2.05) is 12.1 Å². The van der Waals surface area contributed by atoms with Crippen LogP contribution in [0.15, 0.2) is 47.5 Å². The fraction of sp³-hybridized carbons (Fsp3) is 0.300. The number of rotatable bonds is 4. The van der Waals surface area contributed by atoms with Crippen molar-refractivity contribution >= 4 is 17.6 Å². The van der Waals surface area contributed by atoms with E-state index >= 15 is 0 Å². The van der Waals surface area contributed by atoms with Gasteiger partial charge in [0.2, 0.25) is 0 Å². The number of esters is 1. The Labute approximate surface area is 153 Å². The van der Waals surface area contributed by atoms with Gasteiger partial charge in [0.05, 0.1) is 14.2 Å². The Balaban J connectivity index is 1.75. The number of hydrogen-bond acceptors (Lipinski definition) is 4. The number of guanidine groups is 1. The molecule has 0 atom stereocenters. The van der Waals surface area contributed by atoms with Crippen molar-refractivity contribution in [1.29, 1.82) is 0 Å². The van der Waals surface area contributed by atoms with Crippen LogP contribution in [0.3, 0.4) is 0 Å². The highest BCUT2D eigenvalue weighted by Gasteiger charge is 2.22. The van der Waals surface area contributed by atoms with Gasteiger partial charge in [-0.25, -0.2) is 4.79 Å². The third-order valence-electron chi connectivity index (χ3n) is 4.47. The fourth-order valence-electron chi connectivity index (χ4n) is 3.17. The summed E-state index contributed by atoms with van der Waals surface area (Å²) in [6, 6.07) is 13.8. The third-order valence-corrected chi connectivity index (χ3v) is 4.47. The smallest absolute Gasteiger partial charge is 0.341 e. The first-order valence-electron chi connectivity index (χ1n) is 8.49. The van der Waals surface area contributed by atoms with Gasteiger partial charge in [0.1, 0.15) is 11.3 Å². The summed E-state index contributed by atoms with van der Waals surface area (Å²) in [7, 11) is 4.67. The molecule has 1 heterocycles. The number of carbonyl (C=O) groups excluding carboxylic acids is 1. The maximum Gasteiger partial charge on any atom is 0.341 e. The topological polar surface area (TPSA) is 63.2 Å². The normalized spacial score (nSPS) is 13.3. The quantitative estimate of drug-likeness (QED) is 0.520. The first-order valence-corrected chi connectivity index (χ1v) is 8.49. The van der Waals surface area contributed by atoms with E-state index in [1.54, 1.807) is 19.2 Å². The summed E-state index contributed by atoms with van der Waals surface area (Å²) in [5, 5.41) is 3.37. The van der Waals surface area contributed by atoms with Gasteiger partial charge in [-0.1, -0.05) is 24.3 Å². The standard InChI is InChI=1S/C20H23N3O3/c1-21-20(23-11-10-15-6-4-5-7-17(15)23)22-13-14-8-9-18(25-2)16(12-14)19(24)26-3/h4-9,12H,10-11,13H2,1-3H3,(H,21,22). The van der Waals surface area contributed by atoms with E-state index in [4.69, 9.17) is 9.47 Å². The molecule has 1 aliphatic heterocycles. The Bertz CT molecular complexity index is 833. The van der Waals surface area contributed by atoms with Crippen LogP contribution in [0.25, 0.3) is 0 Å². The van der Waals surface area contributed by atoms with Crippen molar-refractivity contribution in [3.05, 3.63) is 59.2 Å². The zero-order valence-corrected chi connectivity index (χ0v) is 15.3. The van der Waals surface area contributed by atoms with Crippen molar-refractivity contribution < 1.29 is 14.3 Å². The molecule has 0 fully saturated rings. The van der Waals surface area contributed by atoms with Gasteiger partial charge >= 0.3 is 5.97 Å². The van der Waals surface area contributed by atoms with Crippen molar-refractivity contribution in [2.75, 3.05) is 32.7 Å². The minimum atomic E-state index is -0.415. The van der Waals surface area contributed by atoms with Crippen molar-refractivity contribution in [1.82, 2.24) is 5.32 Å². The van der Waals surface area contributed by atoms with E-state index in [2.05, 4.69) is 33.4 Å². The zero-order chi connectivity index (χ0) is 18.5. The highest BCUT2D eigenvalue weighted by Crippen LogP contribution is 2.27. The number of benzene rings is 2. The van der Waals surface area contributed by atoms with E-state index in [1.165, 1.54) is 25.5 Å². The highest BCUT2D eigenvalue weighted by molar-refractivity contribution is 5.98. The van der Waals surface area contributed by atoms with Crippen molar-refractivity contribution in [3.63, 3.8) is 0 Å². The summed E-state index contributed by atoms with van der Waals surface area (Å²) in [4.78, 5) is 18.5. The van der Waals surface area contributed by atoms with E-state index in [-0.39, 0.29) is 0 Å².